The Bertz CT molecular complexity index is 1120. The molecule has 3 aromatic carbocycles. The van der Waals surface area contributed by atoms with Crippen molar-refractivity contribution in [3.05, 3.63) is 108 Å². The second-order valence-corrected chi connectivity index (χ2v) is 7.89. The van der Waals surface area contributed by atoms with Gasteiger partial charge in [0.2, 0.25) is 0 Å². The Morgan fingerprint density at radius 3 is 1.53 bits per heavy atom. The molecular formula is C26H21ClO7. The highest BCUT2D eigenvalue weighted by Crippen LogP contribution is 2.31. The zero-order chi connectivity index (χ0) is 23.9. The maximum Gasteiger partial charge on any atom is 0.338 e. The molecule has 1 saturated heterocycles. The quantitative estimate of drug-likeness (QED) is 0.283. The first-order valence-corrected chi connectivity index (χ1v) is 11.0. The monoisotopic (exact) mass is 480 g/mol. The molecule has 0 saturated carbocycles. The van der Waals surface area contributed by atoms with E-state index in [0.717, 1.165) is 0 Å². The number of benzene rings is 3. The van der Waals surface area contributed by atoms with Crippen LogP contribution in [0.25, 0.3) is 0 Å². The van der Waals surface area contributed by atoms with Crippen LogP contribution in [0.5, 0.6) is 0 Å². The maximum atomic E-state index is 12.7. The van der Waals surface area contributed by atoms with Gasteiger partial charge in [-0.15, -0.1) is 0 Å². The lowest BCUT2D eigenvalue weighted by Crippen LogP contribution is -2.41. The molecule has 34 heavy (non-hydrogen) atoms. The first kappa shape index (κ1) is 23.5. The molecule has 0 aliphatic carbocycles. The molecule has 0 bridgehead atoms. The van der Waals surface area contributed by atoms with Crippen molar-refractivity contribution in [1.29, 1.82) is 0 Å². The van der Waals surface area contributed by atoms with E-state index in [1.54, 1.807) is 91.0 Å². The number of alkyl halides is 1. The van der Waals surface area contributed by atoms with E-state index in [-0.39, 0.29) is 6.61 Å². The van der Waals surface area contributed by atoms with Crippen molar-refractivity contribution in [2.24, 2.45) is 0 Å². The van der Waals surface area contributed by atoms with Gasteiger partial charge in [0.05, 0.1) is 16.7 Å². The smallest absolute Gasteiger partial charge is 0.338 e. The van der Waals surface area contributed by atoms with E-state index < -0.39 is 41.8 Å². The van der Waals surface area contributed by atoms with Gasteiger partial charge in [-0.25, -0.2) is 14.4 Å². The first-order valence-electron chi connectivity index (χ1n) is 10.6. The molecule has 0 radical (unpaired) electrons. The van der Waals surface area contributed by atoms with Gasteiger partial charge < -0.3 is 18.9 Å². The van der Waals surface area contributed by atoms with Crippen LogP contribution < -0.4 is 0 Å². The largest absolute Gasteiger partial charge is 0.459 e. The summed E-state index contributed by atoms with van der Waals surface area (Å²) < 4.78 is 22.3. The molecule has 1 aliphatic heterocycles. The Morgan fingerprint density at radius 2 is 1.06 bits per heavy atom. The molecule has 4 unspecified atom stereocenters. The number of carbonyl (C=O) groups excluding carboxylic acids is 3. The van der Waals surface area contributed by atoms with Gasteiger partial charge in [-0.1, -0.05) is 66.2 Å². The van der Waals surface area contributed by atoms with Crippen LogP contribution in [0.15, 0.2) is 91.0 Å². The van der Waals surface area contributed by atoms with Crippen LogP contribution in [0.4, 0.5) is 0 Å². The summed E-state index contributed by atoms with van der Waals surface area (Å²) in [6.07, 6.45) is -3.18. The van der Waals surface area contributed by atoms with Crippen LogP contribution in [-0.4, -0.2) is 48.4 Å². The van der Waals surface area contributed by atoms with Crippen LogP contribution in [0.2, 0.25) is 0 Å². The van der Waals surface area contributed by atoms with Crippen LogP contribution in [-0.2, 0) is 18.9 Å². The number of halogens is 1. The molecule has 0 spiro atoms. The molecule has 8 heteroatoms. The SMILES string of the molecule is O=C(OCC1OC(Cl)C(OC(=O)c2ccccc2)C1OC(=O)c1ccccc1)c1ccccc1. The number of hydrogen-bond donors (Lipinski definition) is 0. The normalized spacial score (nSPS) is 21.4. The van der Waals surface area contributed by atoms with Gasteiger partial charge in [0, 0.05) is 0 Å². The average Bonchev–Trinajstić information content (AvgIpc) is 3.17. The Morgan fingerprint density at radius 1 is 0.647 bits per heavy atom. The molecule has 0 aromatic heterocycles. The van der Waals surface area contributed by atoms with E-state index in [1.165, 1.54) is 0 Å². The highest BCUT2D eigenvalue weighted by molar-refractivity contribution is 6.20. The fourth-order valence-corrected chi connectivity index (χ4v) is 3.75. The van der Waals surface area contributed by atoms with Crippen molar-refractivity contribution < 1.29 is 33.3 Å². The molecule has 0 amide bonds. The minimum atomic E-state index is -1.12. The molecule has 4 rings (SSSR count). The van der Waals surface area contributed by atoms with E-state index in [2.05, 4.69) is 0 Å². The third-order valence-electron chi connectivity index (χ3n) is 5.15. The Hall–Kier alpha value is -3.68. The molecule has 174 valence electrons. The molecule has 1 heterocycles. The number of carbonyl (C=O) groups is 3. The van der Waals surface area contributed by atoms with Crippen molar-refractivity contribution in [3.63, 3.8) is 0 Å². The highest BCUT2D eigenvalue weighted by Gasteiger charge is 2.49. The highest BCUT2D eigenvalue weighted by atomic mass is 35.5. The summed E-state index contributed by atoms with van der Waals surface area (Å²) in [4.78, 5) is 37.8. The summed E-state index contributed by atoms with van der Waals surface area (Å²) in [6.45, 7) is -0.261. The summed E-state index contributed by atoms with van der Waals surface area (Å²) in [7, 11) is 0. The molecule has 7 nitrogen and oxygen atoms in total. The second-order valence-electron chi connectivity index (χ2n) is 7.46. The first-order chi connectivity index (χ1) is 16.5. The summed E-state index contributed by atoms with van der Waals surface area (Å²) in [5, 5.41) is 0. The van der Waals surface area contributed by atoms with Crippen molar-refractivity contribution in [2.45, 2.75) is 23.9 Å². The van der Waals surface area contributed by atoms with Crippen LogP contribution in [0.3, 0.4) is 0 Å². The van der Waals surface area contributed by atoms with Gasteiger partial charge in [-0.3, -0.25) is 0 Å². The van der Waals surface area contributed by atoms with Gasteiger partial charge in [0.25, 0.3) is 0 Å². The van der Waals surface area contributed by atoms with Crippen molar-refractivity contribution >= 4 is 29.5 Å². The summed E-state index contributed by atoms with van der Waals surface area (Å²) in [6, 6.07) is 25.1. The lowest BCUT2D eigenvalue weighted by Gasteiger charge is -2.23. The van der Waals surface area contributed by atoms with E-state index in [4.69, 9.17) is 30.5 Å². The molecule has 4 atom stereocenters. The minimum Gasteiger partial charge on any atom is -0.459 e. The van der Waals surface area contributed by atoms with E-state index >= 15 is 0 Å². The number of esters is 3. The molecule has 0 N–H and O–H groups in total. The number of hydrogen-bond acceptors (Lipinski definition) is 7. The lowest BCUT2D eigenvalue weighted by atomic mass is 10.1. The number of ether oxygens (including phenoxy) is 4. The summed E-state index contributed by atoms with van der Waals surface area (Å²) >= 11 is 6.33. The van der Waals surface area contributed by atoms with Gasteiger partial charge >= 0.3 is 17.9 Å². The van der Waals surface area contributed by atoms with Crippen molar-refractivity contribution in [1.82, 2.24) is 0 Å². The van der Waals surface area contributed by atoms with E-state index in [1.807, 2.05) is 0 Å². The van der Waals surface area contributed by atoms with Crippen molar-refractivity contribution in [3.8, 4) is 0 Å². The molecule has 1 aliphatic rings. The van der Waals surface area contributed by atoms with E-state index in [0.29, 0.717) is 16.7 Å². The zero-order valence-corrected chi connectivity index (χ0v) is 18.7. The Kier molecular flexibility index (Phi) is 7.57. The predicted octanol–water partition coefficient (Wildman–Crippen LogP) is 4.26. The molecular weight excluding hydrogens is 460 g/mol. The predicted molar refractivity (Wildman–Crippen MR) is 123 cm³/mol. The fraction of sp³-hybridized carbons (Fsp3) is 0.192. The third-order valence-corrected chi connectivity index (χ3v) is 5.50. The van der Waals surface area contributed by atoms with Gasteiger partial charge in [0.1, 0.15) is 12.7 Å². The Labute approximate surface area is 201 Å². The minimum absolute atomic E-state index is 0.261. The van der Waals surface area contributed by atoms with Crippen molar-refractivity contribution in [2.75, 3.05) is 6.61 Å². The topological polar surface area (TPSA) is 88.1 Å². The second kappa shape index (κ2) is 11.0. The maximum absolute atomic E-state index is 12.7. The molecule has 3 aromatic rings. The number of rotatable bonds is 7. The standard InChI is InChI=1S/C26H21ClO7/c27-23-22(34-26(30)19-14-8-3-9-15-19)21(33-25(29)18-12-6-2-7-13-18)20(32-23)16-31-24(28)17-10-4-1-5-11-17/h1-15,20-23H,16H2. The fourth-order valence-electron chi connectivity index (χ4n) is 3.43. The zero-order valence-electron chi connectivity index (χ0n) is 17.9. The van der Waals surface area contributed by atoms with Crippen LogP contribution >= 0.6 is 11.6 Å². The average molecular weight is 481 g/mol. The van der Waals surface area contributed by atoms with Gasteiger partial charge in [-0.2, -0.15) is 0 Å². The van der Waals surface area contributed by atoms with Gasteiger partial charge in [0.15, 0.2) is 17.8 Å². The summed E-state index contributed by atoms with van der Waals surface area (Å²) in [5.41, 5.74) is -0.165. The van der Waals surface area contributed by atoms with Crippen LogP contribution in [0, 0.1) is 0 Å². The Balaban J connectivity index is 1.51. The molecule has 1 fully saturated rings. The third kappa shape index (κ3) is 5.62. The lowest BCUT2D eigenvalue weighted by molar-refractivity contribution is -0.0435. The van der Waals surface area contributed by atoms with E-state index in [9.17, 15) is 14.4 Å². The van der Waals surface area contributed by atoms with Crippen LogP contribution in [0.1, 0.15) is 31.1 Å². The summed E-state index contributed by atoms with van der Waals surface area (Å²) in [5.74, 6) is -1.88. The van der Waals surface area contributed by atoms with Gasteiger partial charge in [-0.05, 0) is 36.4 Å².